The molecule has 0 spiro atoms. The number of amides is 2. The highest BCUT2D eigenvalue weighted by Gasteiger charge is 2.35. The second kappa shape index (κ2) is 8.70. The minimum Gasteiger partial charge on any atom is -0.497 e. The summed E-state index contributed by atoms with van der Waals surface area (Å²) >= 11 is 0. The molecule has 6 nitrogen and oxygen atoms in total. The van der Waals surface area contributed by atoms with Crippen molar-refractivity contribution in [2.45, 2.75) is 64.3 Å². The van der Waals surface area contributed by atoms with Gasteiger partial charge >= 0.3 is 6.03 Å². The highest BCUT2D eigenvalue weighted by Crippen LogP contribution is 2.32. The van der Waals surface area contributed by atoms with E-state index in [1.165, 1.54) is 5.56 Å². The van der Waals surface area contributed by atoms with Crippen molar-refractivity contribution in [1.82, 2.24) is 15.1 Å². The maximum atomic E-state index is 13.0. The number of nitrogens with one attached hydrogen (secondary N) is 1. The van der Waals surface area contributed by atoms with Gasteiger partial charge in [-0.1, -0.05) is 12.1 Å². The van der Waals surface area contributed by atoms with Crippen molar-refractivity contribution in [3.05, 3.63) is 29.8 Å². The van der Waals surface area contributed by atoms with Gasteiger partial charge in [0.25, 0.3) is 0 Å². The van der Waals surface area contributed by atoms with E-state index in [0.29, 0.717) is 6.54 Å². The quantitative estimate of drug-likeness (QED) is 0.838. The second-order valence-electron chi connectivity index (χ2n) is 8.76. The third kappa shape index (κ3) is 4.78. The van der Waals surface area contributed by atoms with Gasteiger partial charge in [-0.15, -0.1) is 0 Å². The van der Waals surface area contributed by atoms with Crippen molar-refractivity contribution in [3.8, 4) is 5.75 Å². The molecule has 2 aliphatic heterocycles. The molecule has 2 saturated heterocycles. The Balaban J connectivity index is 1.60. The summed E-state index contributed by atoms with van der Waals surface area (Å²) in [6.07, 6.45) is 2.47. The van der Waals surface area contributed by atoms with E-state index in [4.69, 9.17) is 9.47 Å². The maximum Gasteiger partial charge on any atom is 0.317 e. The van der Waals surface area contributed by atoms with Crippen molar-refractivity contribution >= 4 is 6.03 Å². The topological polar surface area (TPSA) is 54.0 Å². The summed E-state index contributed by atoms with van der Waals surface area (Å²) in [6, 6.07) is 8.23. The van der Waals surface area contributed by atoms with Gasteiger partial charge < -0.3 is 19.7 Å². The van der Waals surface area contributed by atoms with Crippen LogP contribution in [0.1, 0.15) is 52.1 Å². The molecule has 0 bridgehead atoms. The molecule has 2 amide bonds. The summed E-state index contributed by atoms with van der Waals surface area (Å²) in [6.45, 7) is 11.8. The van der Waals surface area contributed by atoms with Gasteiger partial charge in [-0.3, -0.25) is 4.90 Å². The summed E-state index contributed by atoms with van der Waals surface area (Å²) < 4.78 is 11.1. The third-order valence-electron chi connectivity index (χ3n) is 5.96. The van der Waals surface area contributed by atoms with Crippen molar-refractivity contribution in [3.63, 3.8) is 0 Å². The first-order valence-corrected chi connectivity index (χ1v) is 10.4. The van der Waals surface area contributed by atoms with Gasteiger partial charge in [0.15, 0.2) is 0 Å². The van der Waals surface area contributed by atoms with E-state index in [1.807, 2.05) is 17.0 Å². The molecule has 3 atom stereocenters. The number of methoxy groups -OCH3 is 1. The van der Waals surface area contributed by atoms with Crippen LogP contribution >= 0.6 is 0 Å². The largest absolute Gasteiger partial charge is 0.497 e. The summed E-state index contributed by atoms with van der Waals surface area (Å²) in [5.41, 5.74) is 1.06. The fourth-order valence-electron chi connectivity index (χ4n) is 4.36. The second-order valence-corrected chi connectivity index (χ2v) is 8.76. The average Bonchev–Trinajstić information content (AvgIpc) is 3.15. The number of hydrogen-bond acceptors (Lipinski definition) is 4. The fourth-order valence-corrected chi connectivity index (χ4v) is 4.36. The van der Waals surface area contributed by atoms with Gasteiger partial charge in [-0.25, -0.2) is 4.79 Å². The molecule has 3 rings (SSSR count). The Morgan fingerprint density at radius 3 is 2.46 bits per heavy atom. The molecule has 28 heavy (non-hydrogen) atoms. The predicted octanol–water partition coefficient (Wildman–Crippen LogP) is 3.43. The molecule has 156 valence electrons. The molecule has 6 heteroatoms. The lowest BCUT2D eigenvalue weighted by molar-refractivity contribution is -0.0948. The summed E-state index contributed by atoms with van der Waals surface area (Å²) in [5, 5.41) is 3.19. The lowest BCUT2D eigenvalue weighted by atomic mass is 10.00. The van der Waals surface area contributed by atoms with Crippen LogP contribution in [-0.4, -0.2) is 66.9 Å². The van der Waals surface area contributed by atoms with Crippen LogP contribution in [0.5, 0.6) is 5.75 Å². The van der Waals surface area contributed by atoms with E-state index in [1.54, 1.807) is 7.11 Å². The number of likely N-dealkylation sites (tertiary alicyclic amines) is 1. The molecule has 1 aromatic rings. The highest BCUT2D eigenvalue weighted by atomic mass is 16.5. The number of benzene rings is 1. The molecule has 1 aromatic carbocycles. The molecular weight excluding hydrogens is 354 g/mol. The van der Waals surface area contributed by atoms with Gasteiger partial charge in [0.1, 0.15) is 5.75 Å². The Labute approximate surface area is 169 Å². The molecule has 0 saturated carbocycles. The molecule has 0 aromatic heterocycles. The van der Waals surface area contributed by atoms with E-state index >= 15 is 0 Å². The first-order valence-electron chi connectivity index (χ1n) is 10.4. The van der Waals surface area contributed by atoms with Crippen molar-refractivity contribution in [2.24, 2.45) is 0 Å². The summed E-state index contributed by atoms with van der Waals surface area (Å²) in [5.74, 6) is 0.841. The number of rotatable bonds is 5. The number of urea groups is 1. The molecule has 2 heterocycles. The zero-order chi connectivity index (χ0) is 20.3. The van der Waals surface area contributed by atoms with Crippen LogP contribution in [0.4, 0.5) is 4.79 Å². The molecule has 2 aliphatic rings. The van der Waals surface area contributed by atoms with E-state index in [9.17, 15) is 4.79 Å². The number of ether oxygens (including phenoxy) is 2. The Morgan fingerprint density at radius 2 is 1.86 bits per heavy atom. The van der Waals surface area contributed by atoms with Crippen LogP contribution in [0, 0.1) is 0 Å². The lowest BCUT2D eigenvalue weighted by Gasteiger charge is -2.45. The van der Waals surface area contributed by atoms with E-state index < -0.39 is 0 Å². The van der Waals surface area contributed by atoms with Crippen LogP contribution in [0.3, 0.4) is 0 Å². The molecule has 0 aliphatic carbocycles. The van der Waals surface area contributed by atoms with E-state index in [0.717, 1.165) is 38.2 Å². The van der Waals surface area contributed by atoms with Crippen LogP contribution in [0.2, 0.25) is 0 Å². The maximum absolute atomic E-state index is 13.0. The van der Waals surface area contributed by atoms with E-state index in [-0.39, 0.29) is 29.8 Å². The van der Waals surface area contributed by atoms with Gasteiger partial charge in [0, 0.05) is 31.7 Å². The third-order valence-corrected chi connectivity index (χ3v) is 5.96. The number of morpholine rings is 1. The van der Waals surface area contributed by atoms with Crippen LogP contribution in [-0.2, 0) is 4.74 Å². The number of carbonyl (C=O) groups is 1. The minimum atomic E-state index is -0.114. The highest BCUT2D eigenvalue weighted by molar-refractivity contribution is 5.75. The fraction of sp³-hybridized carbons (Fsp3) is 0.682. The van der Waals surface area contributed by atoms with Crippen molar-refractivity contribution in [2.75, 3.05) is 33.3 Å². The minimum absolute atomic E-state index is 0.0285. The standard InChI is InChI=1S/C22H35N3O3/c1-16-13-24(14-17(2)28-16)22(3,4)15-23-21(26)25-12-6-7-20(25)18-8-10-19(27-5)11-9-18/h8-11,16-17,20H,6-7,12-15H2,1-5H3,(H,23,26). The zero-order valence-electron chi connectivity index (χ0n) is 17.9. The smallest absolute Gasteiger partial charge is 0.317 e. The Hall–Kier alpha value is -1.79. The van der Waals surface area contributed by atoms with Crippen molar-refractivity contribution in [1.29, 1.82) is 0 Å². The zero-order valence-corrected chi connectivity index (χ0v) is 17.9. The van der Waals surface area contributed by atoms with Crippen molar-refractivity contribution < 1.29 is 14.3 Å². The molecular formula is C22H35N3O3. The molecule has 3 unspecified atom stereocenters. The van der Waals surface area contributed by atoms with Gasteiger partial charge in [-0.05, 0) is 58.2 Å². The monoisotopic (exact) mass is 389 g/mol. The first-order chi connectivity index (χ1) is 13.3. The van der Waals surface area contributed by atoms with Crippen LogP contribution in [0.25, 0.3) is 0 Å². The first kappa shape index (κ1) is 20.9. The summed E-state index contributed by atoms with van der Waals surface area (Å²) in [4.78, 5) is 17.4. The molecule has 1 N–H and O–H groups in total. The SMILES string of the molecule is COc1ccc(C2CCCN2C(=O)NCC(C)(C)N2CC(C)OC(C)C2)cc1. The average molecular weight is 390 g/mol. The Kier molecular flexibility index (Phi) is 6.50. The number of nitrogens with zero attached hydrogens (tertiary/aromatic N) is 2. The van der Waals surface area contributed by atoms with Crippen LogP contribution < -0.4 is 10.1 Å². The predicted molar refractivity (Wildman–Crippen MR) is 111 cm³/mol. The van der Waals surface area contributed by atoms with Gasteiger partial charge in [0.05, 0.1) is 25.4 Å². The van der Waals surface area contributed by atoms with E-state index in [2.05, 4.69) is 50.0 Å². The molecule has 2 fully saturated rings. The van der Waals surface area contributed by atoms with Gasteiger partial charge in [0.2, 0.25) is 0 Å². The Bertz CT molecular complexity index is 651. The Morgan fingerprint density at radius 1 is 1.21 bits per heavy atom. The summed E-state index contributed by atoms with van der Waals surface area (Å²) in [7, 11) is 1.67. The van der Waals surface area contributed by atoms with Gasteiger partial charge in [-0.2, -0.15) is 0 Å². The normalized spacial score (nSPS) is 26.3. The number of carbonyl (C=O) groups excluding carboxylic acids is 1. The number of hydrogen-bond donors (Lipinski definition) is 1. The lowest BCUT2D eigenvalue weighted by Crippen LogP contribution is -2.59. The molecule has 0 radical (unpaired) electrons. The van der Waals surface area contributed by atoms with Crippen LogP contribution in [0.15, 0.2) is 24.3 Å².